The van der Waals surface area contributed by atoms with E-state index in [9.17, 15) is 8.78 Å². The minimum Gasteiger partial charge on any atom is -0.206 e. The van der Waals surface area contributed by atoms with Crippen LogP contribution in [-0.4, -0.2) is 0 Å². The molecule has 1 fully saturated rings. The number of hydrogen-bond acceptors (Lipinski definition) is 0. The second-order valence-corrected chi connectivity index (χ2v) is 5.56. The zero-order valence-corrected chi connectivity index (χ0v) is 11.4. The first-order chi connectivity index (χ1) is 9.75. The Morgan fingerprint density at radius 2 is 1.40 bits per heavy atom. The lowest BCUT2D eigenvalue weighted by Crippen LogP contribution is -2.06. The highest BCUT2D eigenvalue weighted by Crippen LogP contribution is 2.36. The van der Waals surface area contributed by atoms with E-state index in [1.54, 1.807) is 24.3 Å². The predicted molar refractivity (Wildman–Crippen MR) is 77.6 cm³/mol. The molecule has 0 atom stereocenters. The third-order valence-corrected chi connectivity index (χ3v) is 4.20. The van der Waals surface area contributed by atoms with Gasteiger partial charge in [0.2, 0.25) is 0 Å². The number of rotatable bonds is 2. The lowest BCUT2D eigenvalue weighted by Gasteiger charge is -2.22. The van der Waals surface area contributed by atoms with Crippen LogP contribution in [-0.2, 0) is 0 Å². The minimum absolute atomic E-state index is 0.0881. The summed E-state index contributed by atoms with van der Waals surface area (Å²) in [5.74, 6) is -0.578. The molecule has 0 unspecified atom stereocenters. The van der Waals surface area contributed by atoms with E-state index in [4.69, 9.17) is 0 Å². The third kappa shape index (κ3) is 2.60. The summed E-state index contributed by atoms with van der Waals surface area (Å²) < 4.78 is 28.6. The molecule has 0 aromatic heterocycles. The summed E-state index contributed by atoms with van der Waals surface area (Å²) in [6, 6.07) is 12.0. The lowest BCUT2D eigenvalue weighted by molar-refractivity contribution is 0.440. The molecule has 104 valence electrons. The first-order valence-electron chi connectivity index (χ1n) is 7.30. The SMILES string of the molecule is Fc1cc(C2CCCCC2)cc(F)c1-c1ccccc1. The fraction of sp³-hybridized carbons (Fsp3) is 0.333. The van der Waals surface area contributed by atoms with Crippen LogP contribution < -0.4 is 0 Å². The maximum absolute atomic E-state index is 14.3. The summed E-state index contributed by atoms with van der Waals surface area (Å²) in [6.45, 7) is 0. The standard InChI is InChI=1S/C18H18F2/c19-16-11-15(13-7-3-1-4-8-13)12-17(20)18(16)14-9-5-2-6-10-14/h2,5-6,9-13H,1,3-4,7-8H2. The summed E-state index contributed by atoms with van der Waals surface area (Å²) >= 11 is 0. The summed E-state index contributed by atoms with van der Waals surface area (Å²) in [4.78, 5) is 0. The maximum atomic E-state index is 14.3. The summed E-state index contributed by atoms with van der Waals surface area (Å²) in [5, 5.41) is 0. The van der Waals surface area contributed by atoms with Crippen molar-refractivity contribution in [1.82, 2.24) is 0 Å². The fourth-order valence-electron chi connectivity index (χ4n) is 3.14. The molecule has 0 nitrogen and oxygen atoms in total. The number of benzene rings is 2. The molecule has 0 heterocycles. The molecule has 0 N–H and O–H groups in total. The van der Waals surface area contributed by atoms with Crippen molar-refractivity contribution in [1.29, 1.82) is 0 Å². The van der Waals surface area contributed by atoms with Gasteiger partial charge in [-0.1, -0.05) is 49.6 Å². The van der Waals surface area contributed by atoms with E-state index in [-0.39, 0.29) is 5.56 Å². The Kier molecular flexibility index (Phi) is 3.81. The summed E-state index contributed by atoms with van der Waals surface area (Å²) in [5.41, 5.74) is 1.50. The van der Waals surface area contributed by atoms with Crippen LogP contribution in [0.4, 0.5) is 8.78 Å². The molecule has 0 saturated heterocycles. The lowest BCUT2D eigenvalue weighted by atomic mass is 9.83. The first kappa shape index (κ1) is 13.3. The van der Waals surface area contributed by atoms with Crippen molar-refractivity contribution >= 4 is 0 Å². The van der Waals surface area contributed by atoms with E-state index in [1.807, 2.05) is 6.07 Å². The topological polar surface area (TPSA) is 0 Å². The molecule has 1 aliphatic carbocycles. The van der Waals surface area contributed by atoms with Crippen LogP contribution in [0.5, 0.6) is 0 Å². The van der Waals surface area contributed by atoms with Crippen LogP contribution >= 0.6 is 0 Å². The van der Waals surface area contributed by atoms with Crippen molar-refractivity contribution in [2.24, 2.45) is 0 Å². The number of halogens is 2. The number of hydrogen-bond donors (Lipinski definition) is 0. The van der Waals surface area contributed by atoms with Gasteiger partial charge in [-0.25, -0.2) is 8.78 Å². The van der Waals surface area contributed by atoms with Crippen LogP contribution in [0.2, 0.25) is 0 Å². The zero-order chi connectivity index (χ0) is 13.9. The van der Waals surface area contributed by atoms with Gasteiger partial charge in [-0.05, 0) is 42.0 Å². The first-order valence-corrected chi connectivity index (χ1v) is 7.30. The average molecular weight is 272 g/mol. The van der Waals surface area contributed by atoms with E-state index < -0.39 is 11.6 Å². The highest BCUT2D eigenvalue weighted by molar-refractivity contribution is 5.65. The average Bonchev–Trinajstić information content (AvgIpc) is 2.48. The molecule has 2 aromatic rings. The molecule has 1 saturated carbocycles. The Morgan fingerprint density at radius 3 is 2.00 bits per heavy atom. The van der Waals surface area contributed by atoms with Gasteiger partial charge in [0.05, 0.1) is 5.56 Å². The summed E-state index contributed by atoms with van der Waals surface area (Å²) in [7, 11) is 0. The maximum Gasteiger partial charge on any atom is 0.134 e. The molecule has 0 radical (unpaired) electrons. The van der Waals surface area contributed by atoms with Crippen molar-refractivity contribution in [3.05, 3.63) is 59.7 Å². The molecule has 0 bridgehead atoms. The van der Waals surface area contributed by atoms with Crippen LogP contribution in [0.15, 0.2) is 42.5 Å². The van der Waals surface area contributed by atoms with Gasteiger partial charge in [0.1, 0.15) is 11.6 Å². The van der Waals surface area contributed by atoms with Gasteiger partial charge >= 0.3 is 0 Å². The van der Waals surface area contributed by atoms with E-state index in [2.05, 4.69) is 0 Å². The van der Waals surface area contributed by atoms with E-state index in [1.165, 1.54) is 18.6 Å². The van der Waals surface area contributed by atoms with E-state index >= 15 is 0 Å². The molecular weight excluding hydrogens is 254 g/mol. The van der Waals surface area contributed by atoms with Gasteiger partial charge < -0.3 is 0 Å². The third-order valence-electron chi connectivity index (χ3n) is 4.20. The minimum atomic E-state index is -0.447. The second-order valence-electron chi connectivity index (χ2n) is 5.56. The molecule has 0 amide bonds. The molecular formula is C18H18F2. The molecule has 0 spiro atoms. The molecule has 1 aliphatic rings. The van der Waals surface area contributed by atoms with Gasteiger partial charge in [0.25, 0.3) is 0 Å². The molecule has 0 aliphatic heterocycles. The largest absolute Gasteiger partial charge is 0.206 e. The Morgan fingerprint density at radius 1 is 0.800 bits per heavy atom. The Hall–Kier alpha value is -1.70. The van der Waals surface area contributed by atoms with E-state index in [0.717, 1.165) is 31.2 Å². The van der Waals surface area contributed by atoms with Gasteiger partial charge in [0, 0.05) is 0 Å². The molecule has 20 heavy (non-hydrogen) atoms. The van der Waals surface area contributed by atoms with Crippen molar-refractivity contribution < 1.29 is 8.78 Å². The highest BCUT2D eigenvalue weighted by atomic mass is 19.1. The molecule has 2 aromatic carbocycles. The Balaban J connectivity index is 1.98. The van der Waals surface area contributed by atoms with Crippen LogP contribution in [0.1, 0.15) is 43.6 Å². The summed E-state index contributed by atoms with van der Waals surface area (Å²) in [6.07, 6.45) is 5.65. The monoisotopic (exact) mass is 272 g/mol. The smallest absolute Gasteiger partial charge is 0.134 e. The van der Waals surface area contributed by atoms with Gasteiger partial charge in [-0.15, -0.1) is 0 Å². The molecule has 2 heteroatoms. The van der Waals surface area contributed by atoms with Crippen LogP contribution in [0, 0.1) is 11.6 Å². The van der Waals surface area contributed by atoms with Crippen molar-refractivity contribution in [3.8, 4) is 11.1 Å². The van der Waals surface area contributed by atoms with Crippen molar-refractivity contribution in [3.63, 3.8) is 0 Å². The van der Waals surface area contributed by atoms with Gasteiger partial charge in [0.15, 0.2) is 0 Å². The highest BCUT2D eigenvalue weighted by Gasteiger charge is 2.20. The normalized spacial score (nSPS) is 16.3. The fourth-order valence-corrected chi connectivity index (χ4v) is 3.14. The predicted octanol–water partition coefficient (Wildman–Crippen LogP) is 5.68. The van der Waals surface area contributed by atoms with Crippen LogP contribution in [0.3, 0.4) is 0 Å². The second kappa shape index (κ2) is 5.74. The van der Waals surface area contributed by atoms with Gasteiger partial charge in [-0.2, -0.15) is 0 Å². The van der Waals surface area contributed by atoms with E-state index in [0.29, 0.717) is 11.5 Å². The Bertz CT molecular complexity index is 561. The van der Waals surface area contributed by atoms with Crippen molar-refractivity contribution in [2.45, 2.75) is 38.0 Å². The quantitative estimate of drug-likeness (QED) is 0.659. The molecule has 3 rings (SSSR count). The zero-order valence-electron chi connectivity index (χ0n) is 11.4. The Labute approximate surface area is 118 Å². The van der Waals surface area contributed by atoms with Gasteiger partial charge in [-0.3, -0.25) is 0 Å². The van der Waals surface area contributed by atoms with Crippen LogP contribution in [0.25, 0.3) is 11.1 Å². The van der Waals surface area contributed by atoms with Crippen molar-refractivity contribution in [2.75, 3.05) is 0 Å².